The van der Waals surface area contributed by atoms with Gasteiger partial charge in [0.1, 0.15) is 0 Å². The van der Waals surface area contributed by atoms with Crippen LogP contribution in [0.1, 0.15) is 65.0 Å². The molecule has 0 spiro atoms. The van der Waals surface area contributed by atoms with Gasteiger partial charge in [-0.3, -0.25) is 9.59 Å². The lowest BCUT2D eigenvalue weighted by Gasteiger charge is -2.30. The van der Waals surface area contributed by atoms with Crippen LogP contribution >= 0.6 is 0 Å². The normalized spacial score (nSPS) is 14.1. The molecule has 1 aliphatic heterocycles. The van der Waals surface area contributed by atoms with Gasteiger partial charge in [0, 0.05) is 57.6 Å². The molecule has 0 radical (unpaired) electrons. The van der Waals surface area contributed by atoms with Crippen molar-refractivity contribution >= 4 is 17.4 Å². The molecule has 2 N–H and O–H groups in total. The summed E-state index contributed by atoms with van der Waals surface area (Å²) >= 11 is 0. The minimum absolute atomic E-state index is 0.0564. The minimum atomic E-state index is -0.426. The second kappa shape index (κ2) is 12.5. The highest BCUT2D eigenvalue weighted by molar-refractivity contribution is 5.95. The number of nitrogens with two attached hydrogens (primary N) is 1. The highest BCUT2D eigenvalue weighted by atomic mass is 16.5. The standard InChI is InChI=1S/C28H37N3O3/c1-4-31(5-2)28(33)25-13-9-22(10-14-25)26(21-7-11-24(12-8-21)27(29)32)23-15-18-30(19-16-23)17-6-20-34-3/h7-14H,4-6,15-20H2,1-3H3,(H2,29,32). The SMILES string of the molecule is CCN(CC)C(=O)c1ccc(C(=C2CCN(CCCOC)CC2)c2ccc(C(N)=O)cc2)cc1. The van der Waals surface area contributed by atoms with E-state index in [1.165, 1.54) is 11.1 Å². The van der Waals surface area contributed by atoms with Gasteiger partial charge in [-0.2, -0.15) is 0 Å². The molecule has 34 heavy (non-hydrogen) atoms. The zero-order valence-electron chi connectivity index (χ0n) is 20.7. The topological polar surface area (TPSA) is 75.9 Å². The van der Waals surface area contributed by atoms with Crippen molar-refractivity contribution in [1.82, 2.24) is 9.80 Å². The molecule has 1 saturated heterocycles. The summed E-state index contributed by atoms with van der Waals surface area (Å²) < 4.78 is 5.19. The van der Waals surface area contributed by atoms with Gasteiger partial charge in [0.15, 0.2) is 0 Å². The molecular formula is C28H37N3O3. The van der Waals surface area contributed by atoms with Gasteiger partial charge in [0.05, 0.1) is 0 Å². The van der Waals surface area contributed by atoms with Crippen LogP contribution in [0.5, 0.6) is 0 Å². The van der Waals surface area contributed by atoms with Gasteiger partial charge in [0.25, 0.3) is 5.91 Å². The first kappa shape index (κ1) is 25.7. The van der Waals surface area contributed by atoms with Crippen molar-refractivity contribution in [2.24, 2.45) is 5.73 Å². The first-order valence-corrected chi connectivity index (χ1v) is 12.2. The van der Waals surface area contributed by atoms with Gasteiger partial charge in [0.2, 0.25) is 5.91 Å². The van der Waals surface area contributed by atoms with Gasteiger partial charge in [-0.05, 0) is 74.1 Å². The fourth-order valence-corrected chi connectivity index (χ4v) is 4.58. The number of carbonyl (C=O) groups excluding carboxylic acids is 2. The molecule has 1 fully saturated rings. The molecule has 0 aliphatic carbocycles. The quantitative estimate of drug-likeness (QED) is 0.536. The Morgan fingerprint density at radius 2 is 1.38 bits per heavy atom. The summed E-state index contributed by atoms with van der Waals surface area (Å²) in [6.07, 6.45) is 3.01. The number of hydrogen-bond donors (Lipinski definition) is 1. The van der Waals surface area contributed by atoms with E-state index in [0.717, 1.165) is 56.6 Å². The number of piperidine rings is 1. The van der Waals surface area contributed by atoms with E-state index in [2.05, 4.69) is 4.90 Å². The molecule has 0 atom stereocenters. The smallest absolute Gasteiger partial charge is 0.253 e. The summed E-state index contributed by atoms with van der Waals surface area (Å²) in [4.78, 5) is 28.6. The lowest BCUT2D eigenvalue weighted by Crippen LogP contribution is -2.32. The molecule has 1 heterocycles. The maximum atomic E-state index is 12.8. The van der Waals surface area contributed by atoms with Crippen LogP contribution in [-0.2, 0) is 4.74 Å². The number of primary amides is 1. The van der Waals surface area contributed by atoms with Crippen molar-refractivity contribution in [2.45, 2.75) is 33.1 Å². The Bertz CT molecular complexity index is 983. The monoisotopic (exact) mass is 463 g/mol. The maximum Gasteiger partial charge on any atom is 0.253 e. The number of carbonyl (C=O) groups is 2. The number of ether oxygens (including phenoxy) is 1. The van der Waals surface area contributed by atoms with Crippen molar-refractivity contribution in [3.8, 4) is 0 Å². The Morgan fingerprint density at radius 3 is 1.85 bits per heavy atom. The molecule has 1 aliphatic rings. The van der Waals surface area contributed by atoms with Crippen LogP contribution in [0.2, 0.25) is 0 Å². The fourth-order valence-electron chi connectivity index (χ4n) is 4.58. The summed E-state index contributed by atoms with van der Waals surface area (Å²) in [6.45, 7) is 9.24. The van der Waals surface area contributed by atoms with Gasteiger partial charge in [-0.15, -0.1) is 0 Å². The molecule has 2 aromatic carbocycles. The van der Waals surface area contributed by atoms with Crippen molar-refractivity contribution in [2.75, 3.05) is 46.4 Å². The fraction of sp³-hybridized carbons (Fsp3) is 0.429. The van der Waals surface area contributed by atoms with E-state index in [1.54, 1.807) is 19.2 Å². The van der Waals surface area contributed by atoms with E-state index in [1.807, 2.05) is 55.1 Å². The molecule has 6 heteroatoms. The number of methoxy groups -OCH3 is 1. The summed E-state index contributed by atoms with van der Waals surface area (Å²) in [5.41, 5.74) is 11.4. The zero-order chi connectivity index (χ0) is 24.5. The molecular weight excluding hydrogens is 426 g/mol. The Labute approximate surface area is 203 Å². The van der Waals surface area contributed by atoms with Crippen LogP contribution in [0.4, 0.5) is 0 Å². The van der Waals surface area contributed by atoms with Crippen LogP contribution in [0.15, 0.2) is 54.1 Å². The van der Waals surface area contributed by atoms with Gasteiger partial charge >= 0.3 is 0 Å². The zero-order valence-corrected chi connectivity index (χ0v) is 20.7. The highest BCUT2D eigenvalue weighted by Crippen LogP contribution is 2.33. The number of benzene rings is 2. The van der Waals surface area contributed by atoms with Crippen LogP contribution in [0, 0.1) is 0 Å². The molecule has 3 rings (SSSR count). The molecule has 0 saturated carbocycles. The molecule has 2 amide bonds. The average molecular weight is 464 g/mol. The number of likely N-dealkylation sites (tertiary alicyclic amines) is 1. The van der Waals surface area contributed by atoms with E-state index in [9.17, 15) is 9.59 Å². The van der Waals surface area contributed by atoms with Crippen LogP contribution in [-0.4, -0.2) is 68.1 Å². The Kier molecular flexibility index (Phi) is 9.42. The van der Waals surface area contributed by atoms with Crippen molar-refractivity contribution in [3.05, 3.63) is 76.4 Å². The van der Waals surface area contributed by atoms with E-state index >= 15 is 0 Å². The Morgan fingerprint density at radius 1 is 0.882 bits per heavy atom. The van der Waals surface area contributed by atoms with Crippen LogP contribution in [0.3, 0.4) is 0 Å². The molecule has 2 aromatic rings. The average Bonchev–Trinajstić information content (AvgIpc) is 2.87. The van der Waals surface area contributed by atoms with Crippen molar-refractivity contribution in [1.29, 1.82) is 0 Å². The lowest BCUT2D eigenvalue weighted by molar-refractivity contribution is 0.0772. The second-order valence-corrected chi connectivity index (χ2v) is 8.66. The van der Waals surface area contributed by atoms with Crippen molar-refractivity contribution in [3.63, 3.8) is 0 Å². The predicted octanol–water partition coefficient (Wildman–Crippen LogP) is 4.20. The largest absolute Gasteiger partial charge is 0.385 e. The van der Waals surface area contributed by atoms with E-state index in [4.69, 9.17) is 10.5 Å². The Hall–Kier alpha value is -2.96. The molecule has 0 bridgehead atoms. The van der Waals surface area contributed by atoms with Crippen LogP contribution < -0.4 is 5.73 Å². The third-order valence-corrected chi connectivity index (χ3v) is 6.57. The first-order valence-electron chi connectivity index (χ1n) is 12.2. The van der Waals surface area contributed by atoms with Gasteiger partial charge < -0.3 is 20.3 Å². The number of rotatable bonds is 10. The molecule has 6 nitrogen and oxygen atoms in total. The summed E-state index contributed by atoms with van der Waals surface area (Å²) in [6, 6.07) is 15.5. The Balaban J connectivity index is 1.91. The van der Waals surface area contributed by atoms with E-state index in [0.29, 0.717) is 24.2 Å². The molecule has 182 valence electrons. The highest BCUT2D eigenvalue weighted by Gasteiger charge is 2.20. The first-order chi connectivity index (χ1) is 16.5. The number of nitrogens with zero attached hydrogens (tertiary/aromatic N) is 2. The van der Waals surface area contributed by atoms with E-state index < -0.39 is 5.91 Å². The van der Waals surface area contributed by atoms with Gasteiger partial charge in [-0.25, -0.2) is 0 Å². The van der Waals surface area contributed by atoms with Crippen LogP contribution in [0.25, 0.3) is 5.57 Å². The van der Waals surface area contributed by atoms with Gasteiger partial charge in [-0.1, -0.05) is 29.8 Å². The number of hydrogen-bond acceptors (Lipinski definition) is 4. The molecule has 0 unspecified atom stereocenters. The predicted molar refractivity (Wildman–Crippen MR) is 137 cm³/mol. The summed E-state index contributed by atoms with van der Waals surface area (Å²) in [5.74, 6) is -0.370. The second-order valence-electron chi connectivity index (χ2n) is 8.66. The summed E-state index contributed by atoms with van der Waals surface area (Å²) in [5, 5.41) is 0. The lowest BCUT2D eigenvalue weighted by atomic mass is 9.87. The third kappa shape index (κ3) is 6.33. The summed E-state index contributed by atoms with van der Waals surface area (Å²) in [7, 11) is 1.74. The maximum absolute atomic E-state index is 12.8. The molecule has 0 aromatic heterocycles. The number of amides is 2. The van der Waals surface area contributed by atoms with Crippen molar-refractivity contribution < 1.29 is 14.3 Å². The van der Waals surface area contributed by atoms with E-state index in [-0.39, 0.29) is 5.91 Å². The minimum Gasteiger partial charge on any atom is -0.385 e. The third-order valence-electron chi connectivity index (χ3n) is 6.57.